The maximum absolute atomic E-state index is 10.4. The van der Waals surface area contributed by atoms with Crippen molar-refractivity contribution in [2.75, 3.05) is 28.9 Å². The van der Waals surface area contributed by atoms with Gasteiger partial charge in [0.15, 0.2) is 0 Å². The smallest absolute Gasteiger partial charge is 0.324 e. The summed E-state index contributed by atoms with van der Waals surface area (Å²) < 4.78 is 20.8. The highest BCUT2D eigenvalue weighted by molar-refractivity contribution is 8.16. The van der Waals surface area contributed by atoms with Gasteiger partial charge in [-0.1, -0.05) is 0 Å². The zero-order chi connectivity index (χ0) is 11.9. The van der Waals surface area contributed by atoms with Crippen molar-refractivity contribution in [1.82, 2.24) is 0 Å². The second-order valence-corrected chi connectivity index (χ2v) is 8.84. The Kier molecular flexibility index (Phi) is 7.84. The van der Waals surface area contributed by atoms with E-state index in [1.807, 2.05) is 0 Å². The molecule has 0 aromatic carbocycles. The Balaban J connectivity index is 3.27. The quantitative estimate of drug-likeness (QED) is 0.295. The highest BCUT2D eigenvalue weighted by atomic mass is 32.2. The number of thioether (sulfide) groups is 2. The Morgan fingerprint density at radius 2 is 1.13 bits per heavy atom. The zero-order valence-corrected chi connectivity index (χ0v) is 11.3. The molecule has 0 aromatic heterocycles. The van der Waals surface area contributed by atoms with Gasteiger partial charge in [-0.2, -0.15) is 23.5 Å². The molecule has 0 rings (SSSR count). The van der Waals surface area contributed by atoms with Crippen LogP contribution in [0, 0.1) is 0 Å². The maximum atomic E-state index is 10.4. The van der Waals surface area contributed by atoms with Crippen LogP contribution in [0.4, 0.5) is 0 Å². The molecule has 0 aliphatic heterocycles. The molecule has 0 atom stereocenters. The average Bonchev–Trinajstić information content (AvgIpc) is 1.98. The molecule has 0 amide bonds. The minimum atomic E-state index is -3.90. The van der Waals surface area contributed by atoms with Crippen LogP contribution in [0.25, 0.3) is 0 Å². The summed E-state index contributed by atoms with van der Waals surface area (Å²) in [5.74, 6) is 0.709. The van der Waals surface area contributed by atoms with Gasteiger partial charge in [0.1, 0.15) is 0 Å². The molecule has 6 nitrogen and oxygen atoms in total. The van der Waals surface area contributed by atoms with E-state index in [0.29, 0.717) is 16.6 Å². The molecule has 0 aliphatic carbocycles. The molecule has 4 N–H and O–H groups in total. The van der Waals surface area contributed by atoms with E-state index in [-0.39, 0.29) is 12.3 Å². The molecule has 0 radical (unpaired) electrons. The Hall–Kier alpha value is 1.000. The van der Waals surface area contributed by atoms with Crippen LogP contribution in [0.3, 0.4) is 0 Å². The van der Waals surface area contributed by atoms with Crippen LogP contribution < -0.4 is 0 Å². The third-order valence-electron chi connectivity index (χ3n) is 1.22. The number of hydrogen-bond acceptors (Lipinski definition) is 4. The lowest BCUT2D eigenvalue weighted by atomic mass is 11.0. The third-order valence-corrected chi connectivity index (χ3v) is 5.76. The van der Waals surface area contributed by atoms with E-state index in [1.54, 1.807) is 0 Å². The molecule has 10 heteroatoms. The summed E-state index contributed by atoms with van der Waals surface area (Å²) in [5.41, 5.74) is 0. The van der Waals surface area contributed by atoms with Crippen molar-refractivity contribution in [3.8, 4) is 0 Å². The van der Waals surface area contributed by atoms with Gasteiger partial charge in [0.05, 0.1) is 12.3 Å². The summed E-state index contributed by atoms with van der Waals surface area (Å²) in [6.07, 6.45) is -0.312. The van der Waals surface area contributed by atoms with Crippen molar-refractivity contribution in [3.05, 3.63) is 0 Å². The summed E-state index contributed by atoms with van der Waals surface area (Å²) in [5, 5.41) is 0.583. The Morgan fingerprint density at radius 1 is 0.800 bits per heavy atom. The van der Waals surface area contributed by atoms with E-state index in [9.17, 15) is 9.13 Å². The molecular formula is C5H14O6P2S2. The molecular weight excluding hydrogens is 282 g/mol. The van der Waals surface area contributed by atoms with Crippen molar-refractivity contribution < 1.29 is 28.7 Å². The first-order chi connectivity index (χ1) is 6.71. The summed E-state index contributed by atoms with van der Waals surface area (Å²) in [6.45, 7) is 0. The largest absolute Gasteiger partial charge is 0.326 e. The van der Waals surface area contributed by atoms with E-state index in [1.165, 1.54) is 23.5 Å². The van der Waals surface area contributed by atoms with Crippen LogP contribution in [0.1, 0.15) is 0 Å². The van der Waals surface area contributed by atoms with Gasteiger partial charge in [0.2, 0.25) is 0 Å². The fraction of sp³-hybridized carbons (Fsp3) is 1.00. The lowest BCUT2D eigenvalue weighted by Gasteiger charge is -2.04. The van der Waals surface area contributed by atoms with Crippen LogP contribution in [-0.4, -0.2) is 48.5 Å². The molecule has 0 aliphatic rings. The second kappa shape index (κ2) is 7.35. The van der Waals surface area contributed by atoms with E-state index in [2.05, 4.69) is 0 Å². The van der Waals surface area contributed by atoms with Gasteiger partial charge >= 0.3 is 15.2 Å². The molecule has 0 aromatic rings. The molecule has 92 valence electrons. The summed E-state index contributed by atoms with van der Waals surface area (Å²) in [4.78, 5) is 34.1. The van der Waals surface area contributed by atoms with Crippen molar-refractivity contribution in [2.45, 2.75) is 0 Å². The molecule has 0 unspecified atom stereocenters. The maximum Gasteiger partial charge on any atom is 0.326 e. The van der Waals surface area contributed by atoms with Gasteiger partial charge in [0, 0.05) is 16.6 Å². The normalized spacial score (nSPS) is 13.1. The molecule has 0 saturated heterocycles. The van der Waals surface area contributed by atoms with Crippen LogP contribution in [0.2, 0.25) is 0 Å². The van der Waals surface area contributed by atoms with Crippen molar-refractivity contribution in [2.24, 2.45) is 0 Å². The minimum absolute atomic E-state index is 0.156. The van der Waals surface area contributed by atoms with Crippen LogP contribution in [-0.2, 0) is 9.13 Å². The molecule has 0 heterocycles. The average molecular weight is 296 g/mol. The SMILES string of the molecule is O=P(O)(O)CCSCSCCP(=O)(O)O. The molecule has 0 fully saturated rings. The van der Waals surface area contributed by atoms with Crippen LogP contribution in [0.15, 0.2) is 0 Å². The highest BCUT2D eigenvalue weighted by Gasteiger charge is 2.13. The molecule has 0 saturated carbocycles. The van der Waals surface area contributed by atoms with E-state index < -0.39 is 15.2 Å². The lowest BCUT2D eigenvalue weighted by molar-refractivity contribution is 0.373. The van der Waals surface area contributed by atoms with Crippen LogP contribution in [0.5, 0.6) is 0 Å². The van der Waals surface area contributed by atoms with Gasteiger partial charge in [-0.15, -0.1) is 0 Å². The van der Waals surface area contributed by atoms with Gasteiger partial charge in [-0.3, -0.25) is 9.13 Å². The topological polar surface area (TPSA) is 115 Å². The van der Waals surface area contributed by atoms with Gasteiger partial charge in [-0.25, -0.2) is 0 Å². The summed E-state index contributed by atoms with van der Waals surface area (Å²) in [6, 6.07) is 0. The predicted octanol–water partition coefficient (Wildman–Crippen LogP) is 0.766. The third kappa shape index (κ3) is 15.0. The van der Waals surface area contributed by atoms with Gasteiger partial charge in [0.25, 0.3) is 0 Å². The first-order valence-electron chi connectivity index (χ1n) is 3.95. The van der Waals surface area contributed by atoms with Crippen molar-refractivity contribution >= 4 is 38.7 Å². The fourth-order valence-electron chi connectivity index (χ4n) is 0.544. The standard InChI is InChI=1S/C5H14O6P2S2/c6-12(7,8)1-3-14-5-15-4-2-13(9,10)11/h1-5H2,(H2,6,7,8)(H2,9,10,11). The number of rotatable bonds is 8. The predicted molar refractivity (Wildman–Crippen MR) is 63.6 cm³/mol. The molecule has 15 heavy (non-hydrogen) atoms. The fourth-order valence-corrected chi connectivity index (χ4v) is 4.89. The van der Waals surface area contributed by atoms with Crippen LogP contribution >= 0.6 is 38.7 Å². The van der Waals surface area contributed by atoms with E-state index >= 15 is 0 Å². The Morgan fingerprint density at radius 3 is 1.40 bits per heavy atom. The van der Waals surface area contributed by atoms with Gasteiger partial charge in [-0.05, 0) is 0 Å². The Labute approximate surface area is 96.5 Å². The monoisotopic (exact) mass is 296 g/mol. The van der Waals surface area contributed by atoms with E-state index in [4.69, 9.17) is 19.6 Å². The molecule has 0 bridgehead atoms. The summed E-state index contributed by atoms with van der Waals surface area (Å²) >= 11 is 2.70. The highest BCUT2D eigenvalue weighted by Crippen LogP contribution is 2.36. The number of hydrogen-bond donors (Lipinski definition) is 4. The second-order valence-electron chi connectivity index (χ2n) is 2.71. The summed E-state index contributed by atoms with van der Waals surface area (Å²) in [7, 11) is -7.80. The minimum Gasteiger partial charge on any atom is -0.324 e. The first kappa shape index (κ1) is 16.0. The Bertz CT molecular complexity index is 234. The van der Waals surface area contributed by atoms with E-state index in [0.717, 1.165) is 0 Å². The zero-order valence-electron chi connectivity index (χ0n) is 7.85. The van der Waals surface area contributed by atoms with Crippen molar-refractivity contribution in [1.29, 1.82) is 0 Å². The van der Waals surface area contributed by atoms with Gasteiger partial charge < -0.3 is 19.6 Å². The lowest BCUT2D eigenvalue weighted by Crippen LogP contribution is -1.93. The van der Waals surface area contributed by atoms with Crippen molar-refractivity contribution in [3.63, 3.8) is 0 Å². The molecule has 0 spiro atoms. The first-order valence-corrected chi connectivity index (χ1v) is 9.86.